The molecule has 1 aromatic carbocycles. The topological polar surface area (TPSA) is 86.8 Å². The molecule has 2 aliphatic heterocycles. The predicted molar refractivity (Wildman–Crippen MR) is 80.3 cm³/mol. The van der Waals surface area contributed by atoms with Crippen LogP contribution >= 0.6 is 0 Å². The zero-order valence-corrected chi connectivity index (χ0v) is 13.0. The van der Waals surface area contributed by atoms with Gasteiger partial charge in [0.2, 0.25) is 10.0 Å². The molecule has 0 spiro atoms. The third-order valence-electron chi connectivity index (χ3n) is 4.11. The van der Waals surface area contributed by atoms with Crippen LogP contribution in [0.5, 0.6) is 0 Å². The maximum absolute atomic E-state index is 12.7. The average Bonchev–Trinajstić information content (AvgIpc) is 2.82. The molecule has 1 amide bonds. The maximum Gasteiger partial charge on any atom is 0.296 e. The van der Waals surface area contributed by atoms with E-state index in [4.69, 9.17) is 0 Å². The van der Waals surface area contributed by atoms with Crippen LogP contribution in [0.25, 0.3) is 0 Å². The lowest BCUT2D eigenvalue weighted by atomic mass is 10.1. The van der Waals surface area contributed by atoms with Crippen molar-refractivity contribution in [1.82, 2.24) is 9.21 Å². The molecule has 1 aromatic rings. The van der Waals surface area contributed by atoms with Gasteiger partial charge in [0.1, 0.15) is 0 Å². The molecule has 7 nitrogen and oxygen atoms in total. The van der Waals surface area contributed by atoms with Crippen LogP contribution in [0.15, 0.2) is 23.1 Å². The van der Waals surface area contributed by atoms with Crippen molar-refractivity contribution in [2.24, 2.45) is 0 Å². The van der Waals surface area contributed by atoms with E-state index in [1.807, 2.05) is 6.92 Å². The monoisotopic (exact) mass is 323 g/mol. The Balaban J connectivity index is 1.88. The summed E-state index contributed by atoms with van der Waals surface area (Å²) in [4.78, 5) is 25.3. The Bertz CT molecular complexity index is 736. The Kier molecular flexibility index (Phi) is 3.75. The Hall–Kier alpha value is -1.77. The fourth-order valence-electron chi connectivity index (χ4n) is 2.72. The van der Waals surface area contributed by atoms with Gasteiger partial charge in [-0.25, -0.2) is 8.42 Å². The highest BCUT2D eigenvalue weighted by Crippen LogP contribution is 2.27. The fraction of sp³-hybridized carbons (Fsp3) is 0.429. The van der Waals surface area contributed by atoms with Gasteiger partial charge in [0.25, 0.3) is 11.7 Å². The highest BCUT2D eigenvalue weighted by atomic mass is 32.2. The number of Topliss-reactive ketones (excluding diaryl/α,β-unsaturated/α-hetero) is 1. The fourth-order valence-corrected chi connectivity index (χ4v) is 4.17. The van der Waals surface area contributed by atoms with Gasteiger partial charge in [0, 0.05) is 26.2 Å². The number of nitrogens with zero attached hydrogens (tertiary/aromatic N) is 2. The molecule has 2 heterocycles. The van der Waals surface area contributed by atoms with E-state index in [9.17, 15) is 18.0 Å². The largest absolute Gasteiger partial charge is 0.318 e. The number of benzene rings is 1. The van der Waals surface area contributed by atoms with Crippen molar-refractivity contribution in [1.29, 1.82) is 0 Å². The number of likely N-dealkylation sites (N-methyl/N-ethyl adjacent to an activating group) is 1. The van der Waals surface area contributed by atoms with Crippen LogP contribution in [0.1, 0.15) is 17.3 Å². The number of sulfonamides is 1. The highest BCUT2D eigenvalue weighted by molar-refractivity contribution is 7.89. The Morgan fingerprint density at radius 1 is 1.14 bits per heavy atom. The summed E-state index contributed by atoms with van der Waals surface area (Å²) in [6.07, 6.45) is 0. The molecule has 0 aliphatic carbocycles. The van der Waals surface area contributed by atoms with Crippen LogP contribution in [0.2, 0.25) is 0 Å². The average molecular weight is 323 g/mol. The van der Waals surface area contributed by atoms with Gasteiger partial charge in [0.15, 0.2) is 0 Å². The van der Waals surface area contributed by atoms with Crippen LogP contribution in [0.3, 0.4) is 0 Å². The quantitative estimate of drug-likeness (QED) is 0.800. The minimum Gasteiger partial charge on any atom is -0.318 e. The summed E-state index contributed by atoms with van der Waals surface area (Å²) in [5.74, 6) is -1.41. The molecule has 22 heavy (non-hydrogen) atoms. The molecule has 1 saturated heterocycles. The highest BCUT2D eigenvalue weighted by Gasteiger charge is 2.32. The van der Waals surface area contributed by atoms with Gasteiger partial charge in [-0.05, 0) is 24.7 Å². The molecule has 3 rings (SSSR count). The smallest absolute Gasteiger partial charge is 0.296 e. The number of amides is 1. The molecule has 0 saturated carbocycles. The van der Waals surface area contributed by atoms with Gasteiger partial charge in [-0.3, -0.25) is 9.59 Å². The second-order valence-electron chi connectivity index (χ2n) is 5.33. The number of ketones is 1. The number of nitrogens with one attached hydrogen (secondary N) is 1. The number of hydrogen-bond donors (Lipinski definition) is 1. The van der Waals surface area contributed by atoms with E-state index in [-0.39, 0.29) is 10.5 Å². The number of fused-ring (bicyclic) bond motifs is 1. The molecule has 1 N–H and O–H groups in total. The summed E-state index contributed by atoms with van der Waals surface area (Å²) in [6, 6.07) is 4.18. The van der Waals surface area contributed by atoms with E-state index >= 15 is 0 Å². The number of carbonyl (C=O) groups is 2. The second-order valence-corrected chi connectivity index (χ2v) is 7.27. The number of carbonyl (C=O) groups excluding carboxylic acids is 2. The third kappa shape index (κ3) is 2.43. The summed E-state index contributed by atoms with van der Waals surface area (Å²) in [5.41, 5.74) is 0.489. The Labute approximate surface area is 128 Å². The molecule has 2 aliphatic rings. The summed E-state index contributed by atoms with van der Waals surface area (Å²) < 4.78 is 26.7. The first-order valence-electron chi connectivity index (χ1n) is 7.15. The summed E-state index contributed by atoms with van der Waals surface area (Å²) in [6.45, 7) is 5.19. The molecule has 8 heteroatoms. The van der Waals surface area contributed by atoms with Crippen molar-refractivity contribution >= 4 is 27.4 Å². The van der Waals surface area contributed by atoms with Crippen LogP contribution < -0.4 is 5.32 Å². The molecular weight excluding hydrogens is 306 g/mol. The molecule has 0 aromatic heterocycles. The normalized spacial score (nSPS) is 20.0. The van der Waals surface area contributed by atoms with Crippen LogP contribution in [0.4, 0.5) is 5.69 Å². The van der Waals surface area contributed by atoms with Crippen LogP contribution in [-0.4, -0.2) is 62.0 Å². The van der Waals surface area contributed by atoms with Crippen LogP contribution in [-0.2, 0) is 14.8 Å². The molecule has 0 atom stereocenters. The van der Waals surface area contributed by atoms with Gasteiger partial charge in [-0.15, -0.1) is 0 Å². The molecular formula is C14H17N3O4S. The number of piperazine rings is 1. The third-order valence-corrected chi connectivity index (χ3v) is 6.00. The maximum atomic E-state index is 12.7. The van der Waals surface area contributed by atoms with Crippen molar-refractivity contribution in [3.63, 3.8) is 0 Å². The second kappa shape index (κ2) is 5.45. The van der Waals surface area contributed by atoms with Gasteiger partial charge in [0.05, 0.1) is 16.1 Å². The van der Waals surface area contributed by atoms with E-state index in [2.05, 4.69) is 10.2 Å². The van der Waals surface area contributed by atoms with E-state index in [0.29, 0.717) is 31.9 Å². The van der Waals surface area contributed by atoms with E-state index < -0.39 is 21.7 Å². The molecule has 0 bridgehead atoms. The van der Waals surface area contributed by atoms with Gasteiger partial charge in [-0.2, -0.15) is 4.31 Å². The van der Waals surface area contributed by atoms with E-state index in [1.54, 1.807) is 0 Å². The summed E-state index contributed by atoms with van der Waals surface area (Å²) in [5, 5.41) is 2.42. The van der Waals surface area contributed by atoms with Gasteiger partial charge >= 0.3 is 0 Å². The number of hydrogen-bond acceptors (Lipinski definition) is 5. The first kappa shape index (κ1) is 15.1. The Morgan fingerprint density at radius 2 is 1.82 bits per heavy atom. The lowest BCUT2D eigenvalue weighted by Crippen LogP contribution is -2.48. The van der Waals surface area contributed by atoms with Crippen molar-refractivity contribution in [3.05, 3.63) is 23.8 Å². The summed E-state index contributed by atoms with van der Waals surface area (Å²) in [7, 11) is -3.64. The minimum atomic E-state index is -3.64. The number of anilines is 1. The van der Waals surface area contributed by atoms with Crippen molar-refractivity contribution in [2.75, 3.05) is 38.0 Å². The first-order valence-corrected chi connectivity index (χ1v) is 8.59. The lowest BCUT2D eigenvalue weighted by Gasteiger charge is -2.33. The first-order chi connectivity index (χ1) is 10.4. The summed E-state index contributed by atoms with van der Waals surface area (Å²) >= 11 is 0. The van der Waals surface area contributed by atoms with Crippen LogP contribution in [0, 0.1) is 0 Å². The molecule has 0 unspecified atom stereocenters. The molecule has 0 radical (unpaired) electrons. The van der Waals surface area contributed by atoms with Gasteiger partial charge in [-0.1, -0.05) is 6.92 Å². The molecule has 118 valence electrons. The number of rotatable bonds is 3. The van der Waals surface area contributed by atoms with Crippen molar-refractivity contribution in [2.45, 2.75) is 11.8 Å². The molecule has 1 fully saturated rings. The lowest BCUT2D eigenvalue weighted by molar-refractivity contribution is -0.112. The van der Waals surface area contributed by atoms with E-state index in [1.165, 1.54) is 22.5 Å². The van der Waals surface area contributed by atoms with Gasteiger partial charge < -0.3 is 10.2 Å². The van der Waals surface area contributed by atoms with E-state index in [0.717, 1.165) is 6.54 Å². The standard InChI is InChI=1S/C14H17N3O4S/c1-2-16-5-7-17(8-6-16)22(20,21)10-3-4-12-11(9-10)13(18)14(19)15-12/h3-4,9H,2,5-8H2,1H3,(H,15,18,19). The van der Waals surface area contributed by atoms with Crippen molar-refractivity contribution < 1.29 is 18.0 Å². The predicted octanol–water partition coefficient (Wildman–Crippen LogP) is 0.148. The minimum absolute atomic E-state index is 0.0565. The SMILES string of the molecule is CCN1CCN(S(=O)(=O)c2ccc3c(c2)C(=O)C(=O)N3)CC1. The van der Waals surface area contributed by atoms with Crippen molar-refractivity contribution in [3.8, 4) is 0 Å². The zero-order valence-electron chi connectivity index (χ0n) is 12.2. The Morgan fingerprint density at radius 3 is 2.45 bits per heavy atom. The zero-order chi connectivity index (χ0) is 15.9.